The van der Waals surface area contributed by atoms with E-state index in [0.717, 1.165) is 22.2 Å². The van der Waals surface area contributed by atoms with E-state index in [1.807, 2.05) is 48.6 Å². The van der Waals surface area contributed by atoms with Gasteiger partial charge in [-0.05, 0) is 29.8 Å². The first-order valence-electron chi connectivity index (χ1n) is 6.57. The maximum absolute atomic E-state index is 11.4. The first kappa shape index (κ1) is 13.1. The minimum atomic E-state index is -0.330. The quantitative estimate of drug-likeness (QED) is 0.746. The van der Waals surface area contributed by atoms with Crippen LogP contribution in [0.4, 0.5) is 0 Å². The molecule has 0 atom stereocenters. The molecule has 0 aliphatic carbocycles. The van der Waals surface area contributed by atoms with Gasteiger partial charge in [0.15, 0.2) is 0 Å². The van der Waals surface area contributed by atoms with Crippen LogP contribution in [0.3, 0.4) is 0 Å². The summed E-state index contributed by atoms with van der Waals surface area (Å²) in [6.07, 6.45) is 3.91. The standard InChI is InChI=1S/C17H14N2O2/c1-21-17(20)13-9-6-12(7-10-13)8-11-16-14-4-2-3-5-15(14)18-19-16/h2-11H,1H3,(H,18,19)/b11-8+. The van der Waals surface area contributed by atoms with Crippen LogP contribution in [0.5, 0.6) is 0 Å². The van der Waals surface area contributed by atoms with Crippen molar-refractivity contribution in [1.29, 1.82) is 0 Å². The van der Waals surface area contributed by atoms with E-state index in [1.54, 1.807) is 12.1 Å². The molecule has 3 rings (SSSR count). The molecule has 21 heavy (non-hydrogen) atoms. The van der Waals surface area contributed by atoms with E-state index in [9.17, 15) is 4.79 Å². The number of carbonyl (C=O) groups is 1. The van der Waals surface area contributed by atoms with Gasteiger partial charge in [-0.1, -0.05) is 36.4 Å². The second-order valence-electron chi connectivity index (χ2n) is 4.60. The summed E-state index contributed by atoms with van der Waals surface area (Å²) in [7, 11) is 1.37. The number of hydrogen-bond acceptors (Lipinski definition) is 3. The molecule has 0 amide bonds. The average Bonchev–Trinajstić information content (AvgIpc) is 2.96. The number of aromatic nitrogens is 2. The van der Waals surface area contributed by atoms with Crippen LogP contribution in [0.2, 0.25) is 0 Å². The largest absolute Gasteiger partial charge is 0.465 e. The van der Waals surface area contributed by atoms with Crippen LogP contribution in [-0.4, -0.2) is 23.3 Å². The Bertz CT molecular complexity index is 801. The van der Waals surface area contributed by atoms with Gasteiger partial charge in [0.25, 0.3) is 0 Å². The molecule has 0 aliphatic heterocycles. The number of nitrogens with zero attached hydrogens (tertiary/aromatic N) is 1. The molecule has 1 aromatic heterocycles. The number of aromatic amines is 1. The molecule has 4 heteroatoms. The molecule has 3 aromatic rings. The topological polar surface area (TPSA) is 55.0 Å². The number of fused-ring (bicyclic) bond motifs is 1. The maximum atomic E-state index is 11.4. The summed E-state index contributed by atoms with van der Waals surface area (Å²) in [4.78, 5) is 11.4. The van der Waals surface area contributed by atoms with Gasteiger partial charge in [0.05, 0.1) is 23.9 Å². The normalized spacial score (nSPS) is 11.1. The fourth-order valence-electron chi connectivity index (χ4n) is 2.14. The van der Waals surface area contributed by atoms with E-state index in [4.69, 9.17) is 0 Å². The van der Waals surface area contributed by atoms with Gasteiger partial charge < -0.3 is 4.74 Å². The van der Waals surface area contributed by atoms with Crippen LogP contribution < -0.4 is 0 Å². The van der Waals surface area contributed by atoms with Crippen molar-refractivity contribution in [3.05, 3.63) is 65.4 Å². The van der Waals surface area contributed by atoms with Crippen molar-refractivity contribution in [2.45, 2.75) is 0 Å². The highest BCUT2D eigenvalue weighted by Crippen LogP contribution is 2.17. The van der Waals surface area contributed by atoms with Gasteiger partial charge in [-0.15, -0.1) is 0 Å². The van der Waals surface area contributed by atoms with Gasteiger partial charge >= 0.3 is 5.97 Å². The number of hydrogen-bond donors (Lipinski definition) is 1. The van der Waals surface area contributed by atoms with Crippen molar-refractivity contribution < 1.29 is 9.53 Å². The zero-order chi connectivity index (χ0) is 14.7. The summed E-state index contributed by atoms with van der Waals surface area (Å²) in [6, 6.07) is 15.2. The van der Waals surface area contributed by atoms with Crippen molar-refractivity contribution >= 4 is 29.0 Å². The fourth-order valence-corrected chi connectivity index (χ4v) is 2.14. The third-order valence-corrected chi connectivity index (χ3v) is 3.27. The minimum absolute atomic E-state index is 0.330. The molecule has 4 nitrogen and oxygen atoms in total. The Balaban J connectivity index is 1.84. The fraction of sp³-hybridized carbons (Fsp3) is 0.0588. The van der Waals surface area contributed by atoms with Crippen LogP contribution in [-0.2, 0) is 4.74 Å². The number of ether oxygens (including phenoxy) is 1. The summed E-state index contributed by atoms with van der Waals surface area (Å²) in [5.41, 5.74) is 3.44. The van der Waals surface area contributed by atoms with Crippen LogP contribution in [0.15, 0.2) is 48.5 Å². The smallest absolute Gasteiger partial charge is 0.337 e. The van der Waals surface area contributed by atoms with E-state index in [1.165, 1.54) is 7.11 Å². The average molecular weight is 278 g/mol. The number of nitrogens with one attached hydrogen (secondary N) is 1. The lowest BCUT2D eigenvalue weighted by Crippen LogP contribution is -2.00. The lowest BCUT2D eigenvalue weighted by Gasteiger charge is -1.99. The molecule has 0 aliphatic rings. The number of esters is 1. The van der Waals surface area contributed by atoms with Gasteiger partial charge in [0, 0.05) is 5.39 Å². The monoisotopic (exact) mass is 278 g/mol. The van der Waals surface area contributed by atoms with Crippen LogP contribution in [0.1, 0.15) is 21.6 Å². The molecule has 0 fully saturated rings. The van der Waals surface area contributed by atoms with Gasteiger partial charge in [-0.25, -0.2) is 4.79 Å². The molecule has 2 aromatic carbocycles. The lowest BCUT2D eigenvalue weighted by atomic mass is 10.1. The Hall–Kier alpha value is -2.88. The Morgan fingerprint density at radius 3 is 2.62 bits per heavy atom. The highest BCUT2D eigenvalue weighted by atomic mass is 16.5. The van der Waals surface area contributed by atoms with Crippen molar-refractivity contribution in [3.63, 3.8) is 0 Å². The number of para-hydroxylation sites is 1. The van der Waals surface area contributed by atoms with Crippen LogP contribution in [0, 0.1) is 0 Å². The molecule has 0 radical (unpaired) electrons. The Morgan fingerprint density at radius 1 is 1.10 bits per heavy atom. The first-order chi connectivity index (χ1) is 10.3. The zero-order valence-corrected chi connectivity index (χ0v) is 11.5. The molecular weight excluding hydrogens is 264 g/mol. The number of benzene rings is 2. The molecule has 0 bridgehead atoms. The van der Waals surface area contributed by atoms with Crippen molar-refractivity contribution in [2.75, 3.05) is 7.11 Å². The van der Waals surface area contributed by atoms with Gasteiger partial charge in [-0.3, -0.25) is 5.10 Å². The molecular formula is C17H14N2O2. The van der Waals surface area contributed by atoms with Crippen LogP contribution >= 0.6 is 0 Å². The lowest BCUT2D eigenvalue weighted by molar-refractivity contribution is 0.0601. The van der Waals surface area contributed by atoms with Gasteiger partial charge in [0.2, 0.25) is 0 Å². The highest BCUT2D eigenvalue weighted by molar-refractivity contribution is 5.91. The van der Waals surface area contributed by atoms with E-state index >= 15 is 0 Å². The number of rotatable bonds is 3. The second kappa shape index (κ2) is 5.63. The summed E-state index contributed by atoms with van der Waals surface area (Å²) in [6.45, 7) is 0. The van der Waals surface area contributed by atoms with Crippen molar-refractivity contribution in [2.24, 2.45) is 0 Å². The van der Waals surface area contributed by atoms with E-state index in [2.05, 4.69) is 14.9 Å². The van der Waals surface area contributed by atoms with E-state index in [0.29, 0.717) is 5.56 Å². The Labute approximate surface area is 122 Å². The minimum Gasteiger partial charge on any atom is -0.465 e. The maximum Gasteiger partial charge on any atom is 0.337 e. The van der Waals surface area contributed by atoms with E-state index in [-0.39, 0.29) is 5.97 Å². The molecule has 104 valence electrons. The first-order valence-corrected chi connectivity index (χ1v) is 6.57. The third kappa shape index (κ3) is 2.69. The summed E-state index contributed by atoms with van der Waals surface area (Å²) in [5, 5.41) is 8.36. The van der Waals surface area contributed by atoms with E-state index < -0.39 is 0 Å². The third-order valence-electron chi connectivity index (χ3n) is 3.27. The zero-order valence-electron chi connectivity index (χ0n) is 11.5. The van der Waals surface area contributed by atoms with Crippen molar-refractivity contribution in [1.82, 2.24) is 10.2 Å². The SMILES string of the molecule is COC(=O)c1ccc(/C=C/c2n[nH]c3ccccc23)cc1. The molecule has 0 saturated carbocycles. The van der Waals surface area contributed by atoms with Crippen LogP contribution in [0.25, 0.3) is 23.1 Å². The van der Waals surface area contributed by atoms with Gasteiger partial charge in [-0.2, -0.15) is 5.10 Å². The number of H-pyrrole nitrogens is 1. The molecule has 0 spiro atoms. The predicted octanol–water partition coefficient (Wildman–Crippen LogP) is 3.52. The molecule has 0 saturated heterocycles. The van der Waals surface area contributed by atoms with Gasteiger partial charge in [0.1, 0.15) is 0 Å². The molecule has 1 N–H and O–H groups in total. The summed E-state index contributed by atoms with van der Waals surface area (Å²) in [5.74, 6) is -0.330. The predicted molar refractivity (Wildman–Crippen MR) is 82.8 cm³/mol. The summed E-state index contributed by atoms with van der Waals surface area (Å²) >= 11 is 0. The Morgan fingerprint density at radius 2 is 1.86 bits per heavy atom. The number of methoxy groups -OCH3 is 1. The number of carbonyl (C=O) groups excluding carboxylic acids is 1. The molecule has 1 heterocycles. The molecule has 0 unspecified atom stereocenters. The highest BCUT2D eigenvalue weighted by Gasteiger charge is 2.04. The Kier molecular flexibility index (Phi) is 3.51. The second-order valence-corrected chi connectivity index (χ2v) is 4.60. The van der Waals surface area contributed by atoms with Crippen molar-refractivity contribution in [3.8, 4) is 0 Å². The summed E-state index contributed by atoms with van der Waals surface area (Å²) < 4.78 is 4.67.